The van der Waals surface area contributed by atoms with Gasteiger partial charge >= 0.3 is 0 Å². The Labute approximate surface area is 153 Å². The van der Waals surface area contributed by atoms with Crippen molar-refractivity contribution in [2.24, 2.45) is 0 Å². The number of para-hydroxylation sites is 1. The highest BCUT2D eigenvalue weighted by Crippen LogP contribution is 2.36. The summed E-state index contributed by atoms with van der Waals surface area (Å²) in [6.07, 6.45) is 0.961. The Morgan fingerprint density at radius 3 is 2.08 bits per heavy atom. The number of aryl methyl sites for hydroxylation is 1. The number of hydrogen-bond donors (Lipinski definition) is 0. The van der Waals surface area contributed by atoms with Gasteiger partial charge in [-0.1, -0.05) is 72.8 Å². The maximum absolute atomic E-state index is 2.46. The van der Waals surface area contributed by atoms with Gasteiger partial charge in [-0.15, -0.1) is 0 Å². The number of rotatable bonds is 3. The second kappa shape index (κ2) is 6.03. The molecule has 0 aliphatic carbocycles. The molecular formula is C25H21N. The van der Waals surface area contributed by atoms with E-state index in [4.69, 9.17) is 0 Å². The number of aromatic nitrogens is 1. The molecule has 5 rings (SSSR count). The second-order valence-corrected chi connectivity index (χ2v) is 6.90. The van der Waals surface area contributed by atoms with Gasteiger partial charge in [-0.2, -0.15) is 0 Å². The Bertz CT molecular complexity index is 1230. The maximum Gasteiger partial charge on any atom is 0.0571 e. The highest BCUT2D eigenvalue weighted by molar-refractivity contribution is 6.18. The molecule has 0 saturated carbocycles. The first kappa shape index (κ1) is 15.2. The fourth-order valence-corrected chi connectivity index (χ4v) is 4.28. The van der Waals surface area contributed by atoms with Crippen LogP contribution in [0.2, 0.25) is 0 Å². The Morgan fingerprint density at radius 2 is 1.31 bits per heavy atom. The van der Waals surface area contributed by atoms with E-state index in [2.05, 4.69) is 96.4 Å². The van der Waals surface area contributed by atoms with Crippen LogP contribution < -0.4 is 0 Å². The lowest BCUT2D eigenvalue weighted by atomic mass is 9.95. The van der Waals surface area contributed by atoms with E-state index in [0.717, 1.165) is 13.0 Å². The van der Waals surface area contributed by atoms with Crippen LogP contribution in [0.1, 0.15) is 18.1 Å². The van der Waals surface area contributed by atoms with Gasteiger partial charge in [0.2, 0.25) is 0 Å². The van der Waals surface area contributed by atoms with Crippen molar-refractivity contribution in [2.45, 2.75) is 19.9 Å². The zero-order valence-corrected chi connectivity index (χ0v) is 14.9. The van der Waals surface area contributed by atoms with Crippen LogP contribution in [0, 0.1) is 0 Å². The molecular weight excluding hydrogens is 314 g/mol. The van der Waals surface area contributed by atoms with Crippen LogP contribution in [0.3, 0.4) is 0 Å². The summed E-state index contributed by atoms with van der Waals surface area (Å²) in [5, 5.41) is 5.44. The van der Waals surface area contributed by atoms with Crippen LogP contribution in [0.5, 0.6) is 0 Å². The molecule has 0 unspecified atom stereocenters. The summed E-state index contributed by atoms with van der Waals surface area (Å²) in [7, 11) is 0. The SMILES string of the molecule is CCn1c2ccccc2c2cc(Cc3ccccc3)c3ccccc3c21. The van der Waals surface area contributed by atoms with Crippen LogP contribution in [-0.2, 0) is 13.0 Å². The summed E-state index contributed by atoms with van der Waals surface area (Å²) in [5.41, 5.74) is 5.45. The van der Waals surface area contributed by atoms with Gasteiger partial charge in [-0.25, -0.2) is 0 Å². The van der Waals surface area contributed by atoms with E-state index < -0.39 is 0 Å². The van der Waals surface area contributed by atoms with Gasteiger partial charge in [0.05, 0.1) is 5.52 Å². The highest BCUT2D eigenvalue weighted by Gasteiger charge is 2.15. The van der Waals surface area contributed by atoms with Crippen molar-refractivity contribution in [2.75, 3.05) is 0 Å². The molecule has 1 nitrogen and oxygen atoms in total. The molecule has 1 heteroatoms. The summed E-state index contributed by atoms with van der Waals surface area (Å²) in [6, 6.07) is 30.8. The molecule has 0 radical (unpaired) electrons. The molecule has 4 aromatic carbocycles. The molecule has 26 heavy (non-hydrogen) atoms. The van der Waals surface area contributed by atoms with Crippen molar-refractivity contribution in [1.82, 2.24) is 4.57 Å². The van der Waals surface area contributed by atoms with Gasteiger partial charge in [-0.3, -0.25) is 0 Å². The van der Waals surface area contributed by atoms with Gasteiger partial charge in [0.15, 0.2) is 0 Å². The van der Waals surface area contributed by atoms with Crippen LogP contribution in [-0.4, -0.2) is 4.57 Å². The van der Waals surface area contributed by atoms with Crippen molar-refractivity contribution in [3.63, 3.8) is 0 Å². The smallest absolute Gasteiger partial charge is 0.0571 e. The van der Waals surface area contributed by atoms with Crippen LogP contribution in [0.25, 0.3) is 32.6 Å². The molecule has 1 heterocycles. The van der Waals surface area contributed by atoms with E-state index in [1.807, 2.05) is 0 Å². The van der Waals surface area contributed by atoms with Crippen molar-refractivity contribution in [3.8, 4) is 0 Å². The van der Waals surface area contributed by atoms with Gasteiger partial charge in [0, 0.05) is 28.2 Å². The minimum atomic E-state index is 0.961. The monoisotopic (exact) mass is 335 g/mol. The van der Waals surface area contributed by atoms with Crippen LogP contribution >= 0.6 is 0 Å². The van der Waals surface area contributed by atoms with Gasteiger partial charge in [-0.05, 0) is 42.0 Å². The van der Waals surface area contributed by atoms with Gasteiger partial charge in [0.1, 0.15) is 0 Å². The predicted molar refractivity (Wildman–Crippen MR) is 112 cm³/mol. The topological polar surface area (TPSA) is 4.93 Å². The first-order chi connectivity index (χ1) is 12.9. The highest BCUT2D eigenvalue weighted by atomic mass is 15.0. The number of fused-ring (bicyclic) bond motifs is 5. The molecule has 0 fully saturated rings. The van der Waals surface area contributed by atoms with Crippen molar-refractivity contribution < 1.29 is 0 Å². The van der Waals surface area contributed by atoms with Crippen molar-refractivity contribution in [3.05, 3.63) is 96.1 Å². The Kier molecular flexibility index (Phi) is 3.53. The lowest BCUT2D eigenvalue weighted by molar-refractivity contribution is 0.829. The molecule has 0 bridgehead atoms. The lowest BCUT2D eigenvalue weighted by Gasteiger charge is -2.11. The predicted octanol–water partition coefficient (Wildman–Crippen LogP) is 6.56. The standard InChI is InChI=1S/C25H21N/c1-2-26-24-15-9-8-13-21(24)23-17-19(16-18-10-4-3-5-11-18)20-12-6-7-14-22(20)25(23)26/h3-15,17H,2,16H2,1H3. The van der Waals surface area contributed by atoms with Gasteiger partial charge in [0.25, 0.3) is 0 Å². The summed E-state index contributed by atoms with van der Waals surface area (Å²) in [4.78, 5) is 0. The molecule has 126 valence electrons. The molecule has 0 aliphatic rings. The summed E-state index contributed by atoms with van der Waals surface area (Å²) >= 11 is 0. The first-order valence-corrected chi connectivity index (χ1v) is 9.32. The number of nitrogens with zero attached hydrogens (tertiary/aromatic N) is 1. The van der Waals surface area contributed by atoms with Crippen molar-refractivity contribution in [1.29, 1.82) is 0 Å². The molecule has 0 amide bonds. The zero-order valence-electron chi connectivity index (χ0n) is 14.9. The van der Waals surface area contributed by atoms with E-state index in [-0.39, 0.29) is 0 Å². The molecule has 5 aromatic rings. The molecule has 0 saturated heterocycles. The third kappa shape index (κ3) is 2.24. The Hall–Kier alpha value is -3.06. The molecule has 0 atom stereocenters. The molecule has 0 spiro atoms. The third-order valence-corrected chi connectivity index (χ3v) is 5.41. The quantitative estimate of drug-likeness (QED) is 0.352. The lowest BCUT2D eigenvalue weighted by Crippen LogP contribution is -1.95. The summed E-state index contributed by atoms with van der Waals surface area (Å²) in [5.74, 6) is 0. The maximum atomic E-state index is 2.46. The summed E-state index contributed by atoms with van der Waals surface area (Å²) in [6.45, 7) is 3.21. The third-order valence-electron chi connectivity index (χ3n) is 5.41. The minimum Gasteiger partial charge on any atom is -0.340 e. The summed E-state index contributed by atoms with van der Waals surface area (Å²) < 4.78 is 2.46. The van der Waals surface area contributed by atoms with Gasteiger partial charge < -0.3 is 4.57 Å². The first-order valence-electron chi connectivity index (χ1n) is 9.32. The molecule has 1 aromatic heterocycles. The fraction of sp³-hybridized carbons (Fsp3) is 0.120. The number of benzene rings is 4. The van der Waals surface area contributed by atoms with Crippen LogP contribution in [0.15, 0.2) is 84.9 Å². The molecule has 0 N–H and O–H groups in total. The van der Waals surface area contributed by atoms with E-state index in [1.54, 1.807) is 0 Å². The minimum absolute atomic E-state index is 0.961. The van der Waals surface area contributed by atoms with E-state index in [1.165, 1.54) is 43.7 Å². The Morgan fingerprint density at radius 1 is 0.654 bits per heavy atom. The van der Waals surface area contributed by atoms with E-state index in [9.17, 15) is 0 Å². The number of hydrogen-bond acceptors (Lipinski definition) is 0. The largest absolute Gasteiger partial charge is 0.340 e. The van der Waals surface area contributed by atoms with Crippen LogP contribution in [0.4, 0.5) is 0 Å². The second-order valence-electron chi connectivity index (χ2n) is 6.90. The Balaban J connectivity index is 1.90. The molecule has 0 aliphatic heterocycles. The van der Waals surface area contributed by atoms with E-state index >= 15 is 0 Å². The zero-order chi connectivity index (χ0) is 17.5. The average Bonchev–Trinajstić information content (AvgIpc) is 3.03. The average molecular weight is 335 g/mol. The normalized spacial score (nSPS) is 11.6. The van der Waals surface area contributed by atoms with Crippen molar-refractivity contribution >= 4 is 32.6 Å². The van der Waals surface area contributed by atoms with E-state index in [0.29, 0.717) is 0 Å². The fourth-order valence-electron chi connectivity index (χ4n) is 4.28.